The number of hydrogen-bond acceptors (Lipinski definition) is 5. The Morgan fingerprint density at radius 3 is 2.63 bits per heavy atom. The molecule has 1 aliphatic heterocycles. The SMILES string of the molecule is FC(F)(F)c1ccc(N2CCc3ncnc(NCCc4ccccc4Cl)c3C2)nc1. The highest BCUT2D eigenvalue weighted by Gasteiger charge is 2.31. The van der Waals surface area contributed by atoms with Crippen molar-refractivity contribution in [1.29, 1.82) is 0 Å². The number of hydrogen-bond donors (Lipinski definition) is 1. The lowest BCUT2D eigenvalue weighted by molar-refractivity contribution is -0.137. The molecule has 30 heavy (non-hydrogen) atoms. The van der Waals surface area contributed by atoms with Crippen molar-refractivity contribution in [2.24, 2.45) is 0 Å². The number of rotatable bonds is 5. The molecule has 3 aromatic rings. The second kappa shape index (κ2) is 8.47. The molecule has 4 rings (SSSR count). The van der Waals surface area contributed by atoms with Gasteiger partial charge in [0.05, 0.1) is 11.3 Å². The number of fused-ring (bicyclic) bond motifs is 1. The van der Waals surface area contributed by atoms with Crippen LogP contribution < -0.4 is 10.2 Å². The Hall–Kier alpha value is -2.87. The Bertz CT molecular complexity index is 1020. The Labute approximate surface area is 176 Å². The predicted molar refractivity (Wildman–Crippen MR) is 110 cm³/mol. The highest BCUT2D eigenvalue weighted by atomic mass is 35.5. The van der Waals surface area contributed by atoms with Gasteiger partial charge in [0, 0.05) is 42.8 Å². The van der Waals surface area contributed by atoms with Gasteiger partial charge in [0.1, 0.15) is 18.0 Å². The summed E-state index contributed by atoms with van der Waals surface area (Å²) in [5, 5.41) is 4.07. The van der Waals surface area contributed by atoms with E-state index in [1.165, 1.54) is 12.4 Å². The van der Waals surface area contributed by atoms with E-state index in [4.69, 9.17) is 11.6 Å². The molecule has 1 aliphatic rings. The van der Waals surface area contributed by atoms with Gasteiger partial charge in [-0.05, 0) is 30.2 Å². The molecule has 0 aliphatic carbocycles. The lowest BCUT2D eigenvalue weighted by atomic mass is 10.1. The van der Waals surface area contributed by atoms with Gasteiger partial charge >= 0.3 is 6.18 Å². The molecule has 0 bridgehead atoms. The second-order valence-electron chi connectivity index (χ2n) is 6.99. The summed E-state index contributed by atoms with van der Waals surface area (Å²) in [5.41, 5.74) is 2.16. The fraction of sp³-hybridized carbons (Fsp3) is 0.286. The first-order valence-corrected chi connectivity index (χ1v) is 9.88. The van der Waals surface area contributed by atoms with Gasteiger partial charge in [-0.25, -0.2) is 15.0 Å². The molecule has 0 amide bonds. The summed E-state index contributed by atoms with van der Waals surface area (Å²) in [6.07, 6.45) is -0.590. The fourth-order valence-electron chi connectivity index (χ4n) is 3.45. The Morgan fingerprint density at radius 1 is 1.07 bits per heavy atom. The number of nitrogens with one attached hydrogen (secondary N) is 1. The first-order chi connectivity index (χ1) is 14.4. The summed E-state index contributed by atoms with van der Waals surface area (Å²) >= 11 is 6.21. The van der Waals surface area contributed by atoms with Crippen LogP contribution in [0.2, 0.25) is 5.02 Å². The lowest BCUT2D eigenvalue weighted by Gasteiger charge is -2.30. The Kier molecular flexibility index (Phi) is 5.76. The van der Waals surface area contributed by atoms with Gasteiger partial charge in [-0.3, -0.25) is 0 Å². The van der Waals surface area contributed by atoms with E-state index in [0.29, 0.717) is 31.9 Å². The molecule has 5 nitrogen and oxygen atoms in total. The number of benzene rings is 1. The molecule has 0 radical (unpaired) electrons. The third kappa shape index (κ3) is 4.48. The van der Waals surface area contributed by atoms with E-state index in [2.05, 4.69) is 20.3 Å². The van der Waals surface area contributed by atoms with Crippen molar-refractivity contribution in [1.82, 2.24) is 15.0 Å². The van der Waals surface area contributed by atoms with Crippen LogP contribution in [0, 0.1) is 0 Å². The number of nitrogens with zero attached hydrogens (tertiary/aromatic N) is 4. The second-order valence-corrected chi connectivity index (χ2v) is 7.40. The average molecular weight is 434 g/mol. The van der Waals surface area contributed by atoms with E-state index in [1.54, 1.807) is 0 Å². The van der Waals surface area contributed by atoms with Crippen LogP contribution in [0.3, 0.4) is 0 Å². The van der Waals surface area contributed by atoms with Crippen molar-refractivity contribution in [3.8, 4) is 0 Å². The summed E-state index contributed by atoms with van der Waals surface area (Å²) < 4.78 is 38.4. The van der Waals surface area contributed by atoms with E-state index in [0.717, 1.165) is 46.3 Å². The van der Waals surface area contributed by atoms with E-state index in [1.807, 2.05) is 29.2 Å². The van der Waals surface area contributed by atoms with Crippen LogP contribution in [-0.4, -0.2) is 28.0 Å². The zero-order valence-electron chi connectivity index (χ0n) is 16.0. The normalized spacial score (nSPS) is 13.8. The summed E-state index contributed by atoms with van der Waals surface area (Å²) in [6, 6.07) is 10.1. The largest absolute Gasteiger partial charge is 0.417 e. The molecule has 1 N–H and O–H groups in total. The molecule has 9 heteroatoms. The van der Waals surface area contributed by atoms with E-state index in [-0.39, 0.29) is 0 Å². The molecule has 156 valence electrons. The van der Waals surface area contributed by atoms with Crippen LogP contribution in [-0.2, 0) is 25.6 Å². The third-order valence-electron chi connectivity index (χ3n) is 5.05. The molecule has 1 aromatic carbocycles. The topological polar surface area (TPSA) is 53.9 Å². The van der Waals surface area contributed by atoms with Crippen molar-refractivity contribution in [2.75, 3.05) is 23.3 Å². The van der Waals surface area contributed by atoms with Crippen LogP contribution in [0.4, 0.5) is 24.8 Å². The minimum Gasteiger partial charge on any atom is -0.369 e. The number of anilines is 2. The molecular weight excluding hydrogens is 415 g/mol. The molecular formula is C21H19ClF3N5. The fourth-order valence-corrected chi connectivity index (χ4v) is 3.68. The quantitative estimate of drug-likeness (QED) is 0.628. The molecule has 2 aromatic heterocycles. The molecule has 0 spiro atoms. The van der Waals surface area contributed by atoms with Crippen LogP contribution in [0.15, 0.2) is 48.9 Å². The molecule has 0 saturated carbocycles. The van der Waals surface area contributed by atoms with Crippen molar-refractivity contribution < 1.29 is 13.2 Å². The molecule has 3 heterocycles. The van der Waals surface area contributed by atoms with Crippen LogP contribution in [0.1, 0.15) is 22.4 Å². The maximum Gasteiger partial charge on any atom is 0.417 e. The molecule has 0 atom stereocenters. The van der Waals surface area contributed by atoms with Gasteiger partial charge in [-0.1, -0.05) is 29.8 Å². The van der Waals surface area contributed by atoms with E-state index >= 15 is 0 Å². The van der Waals surface area contributed by atoms with Crippen LogP contribution >= 0.6 is 11.6 Å². The first-order valence-electron chi connectivity index (χ1n) is 9.50. The van der Waals surface area contributed by atoms with Gasteiger partial charge in [0.2, 0.25) is 0 Å². The molecule has 0 unspecified atom stereocenters. The van der Waals surface area contributed by atoms with Gasteiger partial charge in [-0.2, -0.15) is 13.2 Å². The third-order valence-corrected chi connectivity index (χ3v) is 5.41. The Morgan fingerprint density at radius 2 is 1.90 bits per heavy atom. The lowest BCUT2D eigenvalue weighted by Crippen LogP contribution is -2.32. The molecule has 0 saturated heterocycles. The van der Waals surface area contributed by atoms with Gasteiger partial charge < -0.3 is 10.2 Å². The van der Waals surface area contributed by atoms with Crippen LogP contribution in [0.5, 0.6) is 0 Å². The molecule has 0 fully saturated rings. The van der Waals surface area contributed by atoms with Crippen molar-refractivity contribution >= 4 is 23.2 Å². The predicted octanol–water partition coefficient (Wildman–Crippen LogP) is 4.76. The minimum atomic E-state index is -4.40. The monoisotopic (exact) mass is 433 g/mol. The summed E-state index contributed by atoms with van der Waals surface area (Å²) in [6.45, 7) is 1.75. The van der Waals surface area contributed by atoms with E-state index in [9.17, 15) is 13.2 Å². The first kappa shape index (κ1) is 20.4. The number of pyridine rings is 1. The zero-order chi connectivity index (χ0) is 21.1. The van der Waals surface area contributed by atoms with Gasteiger partial charge in [0.25, 0.3) is 0 Å². The standard InChI is InChI=1S/C21H19ClF3N5/c22-17-4-2-1-3-14(17)7-9-26-20-16-12-30(10-8-18(16)28-13-29-20)19-6-5-15(11-27-19)21(23,24)25/h1-6,11,13H,7-10,12H2,(H,26,28,29). The summed E-state index contributed by atoms with van der Waals surface area (Å²) in [7, 11) is 0. The highest BCUT2D eigenvalue weighted by Crippen LogP contribution is 2.31. The van der Waals surface area contributed by atoms with Crippen molar-refractivity contribution in [3.63, 3.8) is 0 Å². The van der Waals surface area contributed by atoms with Crippen LogP contribution in [0.25, 0.3) is 0 Å². The van der Waals surface area contributed by atoms with Gasteiger partial charge in [0.15, 0.2) is 0 Å². The van der Waals surface area contributed by atoms with E-state index < -0.39 is 11.7 Å². The maximum absolute atomic E-state index is 12.8. The zero-order valence-corrected chi connectivity index (χ0v) is 16.7. The minimum absolute atomic E-state index is 0.475. The average Bonchev–Trinajstić information content (AvgIpc) is 2.74. The number of halogens is 4. The smallest absolute Gasteiger partial charge is 0.369 e. The number of alkyl halides is 3. The highest BCUT2D eigenvalue weighted by molar-refractivity contribution is 6.31. The summed E-state index contributed by atoms with van der Waals surface area (Å²) in [4.78, 5) is 14.7. The maximum atomic E-state index is 12.8. The van der Waals surface area contributed by atoms with Gasteiger partial charge in [-0.15, -0.1) is 0 Å². The van der Waals surface area contributed by atoms with Crippen molar-refractivity contribution in [3.05, 3.63) is 76.3 Å². The number of aromatic nitrogens is 3. The Balaban J connectivity index is 1.47. The summed E-state index contributed by atoms with van der Waals surface area (Å²) in [5.74, 6) is 1.23. The van der Waals surface area contributed by atoms with Crippen molar-refractivity contribution in [2.45, 2.75) is 25.6 Å².